The number of allylic oxidation sites excluding steroid dienone is 1. The van der Waals surface area contributed by atoms with Gasteiger partial charge in [-0.15, -0.1) is 0 Å². The molecule has 0 radical (unpaired) electrons. The highest BCUT2D eigenvalue weighted by molar-refractivity contribution is 5.94. The summed E-state index contributed by atoms with van der Waals surface area (Å²) in [7, 11) is 1.81. The third kappa shape index (κ3) is 3.68. The van der Waals surface area contributed by atoms with Crippen LogP contribution in [0.15, 0.2) is 47.4 Å². The van der Waals surface area contributed by atoms with E-state index in [1.165, 1.54) is 0 Å². The van der Waals surface area contributed by atoms with Gasteiger partial charge in [0.25, 0.3) is 0 Å². The number of carboxylic acids is 1. The molecule has 0 saturated carbocycles. The molecule has 1 aliphatic carbocycles. The summed E-state index contributed by atoms with van der Waals surface area (Å²) in [6.45, 7) is 0.719. The van der Waals surface area contributed by atoms with Gasteiger partial charge in [-0.25, -0.2) is 22.4 Å². The minimum absolute atomic E-state index is 0.0370. The minimum Gasteiger partial charge on any atom is -0.477 e. The van der Waals surface area contributed by atoms with Crippen molar-refractivity contribution in [3.05, 3.63) is 81.7 Å². The number of aromatic carboxylic acids is 1. The van der Waals surface area contributed by atoms with Crippen LogP contribution >= 0.6 is 0 Å². The van der Waals surface area contributed by atoms with Crippen molar-refractivity contribution in [2.75, 3.05) is 25.0 Å². The average molecular weight is 487 g/mol. The van der Waals surface area contributed by atoms with Gasteiger partial charge in [-0.3, -0.25) is 4.79 Å². The highest BCUT2D eigenvalue weighted by Gasteiger charge is 2.40. The first-order valence-electron chi connectivity index (χ1n) is 11.1. The summed E-state index contributed by atoms with van der Waals surface area (Å²) in [5.41, 5.74) is -3.15. The van der Waals surface area contributed by atoms with Gasteiger partial charge in [0.15, 0.2) is 5.82 Å². The Hall–Kier alpha value is -3.66. The summed E-state index contributed by atoms with van der Waals surface area (Å²) >= 11 is 0. The van der Waals surface area contributed by atoms with Crippen LogP contribution in [-0.4, -0.2) is 41.8 Å². The number of carboxylic acid groups (broad SMARTS) is 1. The van der Waals surface area contributed by atoms with Crippen LogP contribution < -0.4 is 15.6 Å². The second kappa shape index (κ2) is 8.53. The number of hydrogen-bond donors (Lipinski definition) is 2. The molecule has 0 spiro atoms. The van der Waals surface area contributed by atoms with E-state index in [9.17, 15) is 23.5 Å². The summed E-state index contributed by atoms with van der Waals surface area (Å²) < 4.78 is 60.5. The number of aromatic nitrogens is 1. The van der Waals surface area contributed by atoms with E-state index in [0.717, 1.165) is 35.4 Å². The van der Waals surface area contributed by atoms with Gasteiger partial charge in [-0.1, -0.05) is 12.2 Å². The summed E-state index contributed by atoms with van der Waals surface area (Å²) in [6.07, 6.45) is 5.59. The number of rotatable bonds is 4. The first-order chi connectivity index (χ1) is 16.7. The zero-order valence-electron chi connectivity index (χ0n) is 18.6. The molecule has 3 aromatic rings. The van der Waals surface area contributed by atoms with Crippen molar-refractivity contribution in [2.24, 2.45) is 11.8 Å². The van der Waals surface area contributed by atoms with E-state index in [1.807, 2.05) is 19.2 Å². The minimum atomic E-state index is -1.65. The third-order valence-corrected chi connectivity index (χ3v) is 6.94. The molecule has 10 heteroatoms. The molecule has 2 aliphatic rings. The maximum absolute atomic E-state index is 16.1. The number of anilines is 1. The first kappa shape index (κ1) is 23.1. The molecule has 0 amide bonds. The Bertz CT molecular complexity index is 1450. The van der Waals surface area contributed by atoms with E-state index < -0.39 is 51.1 Å². The lowest BCUT2D eigenvalue weighted by molar-refractivity contribution is 0.0695. The lowest BCUT2D eigenvalue weighted by Crippen LogP contribution is -2.38. The van der Waals surface area contributed by atoms with Crippen molar-refractivity contribution >= 4 is 22.6 Å². The monoisotopic (exact) mass is 487 g/mol. The first-order valence-corrected chi connectivity index (χ1v) is 11.1. The largest absolute Gasteiger partial charge is 0.477 e. The highest BCUT2D eigenvalue weighted by atomic mass is 19.1. The van der Waals surface area contributed by atoms with E-state index in [4.69, 9.17) is 0 Å². The lowest BCUT2D eigenvalue weighted by atomic mass is 9.82. The maximum atomic E-state index is 16.1. The van der Waals surface area contributed by atoms with E-state index in [0.29, 0.717) is 19.2 Å². The zero-order chi connectivity index (χ0) is 25.0. The molecule has 2 aromatic carbocycles. The molecule has 6 nitrogen and oxygen atoms in total. The predicted molar refractivity (Wildman–Crippen MR) is 122 cm³/mol. The topological polar surface area (TPSA) is 74.6 Å². The van der Waals surface area contributed by atoms with Crippen molar-refractivity contribution in [1.82, 2.24) is 9.88 Å². The Labute approximate surface area is 197 Å². The summed E-state index contributed by atoms with van der Waals surface area (Å²) in [4.78, 5) is 26.0. The second-order valence-corrected chi connectivity index (χ2v) is 8.87. The number of pyridine rings is 1. The van der Waals surface area contributed by atoms with E-state index in [1.54, 1.807) is 4.90 Å². The maximum Gasteiger partial charge on any atom is 0.341 e. The molecule has 35 heavy (non-hydrogen) atoms. The standard InChI is InChI=1S/C25H21F4N3O3/c1-30-19-4-2-3-12-9-31(10-15(12)19)23-18(28)8-14-22(21(23)29)32(11-16(24(14)33)25(34)35)20-6-5-13(26)7-17(20)27/h2,4-8,11-12,15,19,30H,3,9-10H2,1H3,(H,34,35). The molecule has 1 aliphatic heterocycles. The van der Waals surface area contributed by atoms with Crippen molar-refractivity contribution < 1.29 is 27.5 Å². The number of fused-ring (bicyclic) bond motifs is 2. The fourth-order valence-corrected chi connectivity index (χ4v) is 5.30. The third-order valence-electron chi connectivity index (χ3n) is 6.94. The summed E-state index contributed by atoms with van der Waals surface area (Å²) in [5.74, 6) is -5.53. The van der Waals surface area contributed by atoms with Crippen LogP contribution in [0.25, 0.3) is 16.6 Å². The Morgan fingerprint density at radius 1 is 1.11 bits per heavy atom. The number of halogens is 4. The van der Waals surface area contributed by atoms with Crippen LogP contribution in [0.5, 0.6) is 0 Å². The van der Waals surface area contributed by atoms with Gasteiger partial charge in [-0.05, 0) is 37.6 Å². The van der Waals surface area contributed by atoms with Crippen LogP contribution in [0, 0.1) is 35.1 Å². The normalized spacial score (nSPS) is 21.5. The van der Waals surface area contributed by atoms with E-state index >= 15 is 8.78 Å². The average Bonchev–Trinajstić information content (AvgIpc) is 3.23. The van der Waals surface area contributed by atoms with Gasteiger partial charge in [-0.2, -0.15) is 0 Å². The van der Waals surface area contributed by atoms with E-state index in [2.05, 4.69) is 5.32 Å². The van der Waals surface area contributed by atoms with Gasteiger partial charge in [0.05, 0.1) is 16.6 Å². The molecule has 2 heterocycles. The molecule has 5 rings (SSSR count). The van der Waals surface area contributed by atoms with Crippen molar-refractivity contribution in [3.63, 3.8) is 0 Å². The van der Waals surface area contributed by atoms with Gasteiger partial charge in [0.2, 0.25) is 5.43 Å². The number of likely N-dealkylation sites (N-methyl/N-ethyl adjacent to an activating group) is 1. The van der Waals surface area contributed by atoms with Crippen LogP contribution in [-0.2, 0) is 0 Å². The quantitative estimate of drug-likeness (QED) is 0.432. The second-order valence-electron chi connectivity index (χ2n) is 8.87. The number of benzene rings is 2. The smallest absolute Gasteiger partial charge is 0.341 e. The molecule has 1 saturated heterocycles. The van der Waals surface area contributed by atoms with Crippen LogP contribution in [0.4, 0.5) is 23.2 Å². The molecule has 182 valence electrons. The number of nitrogens with one attached hydrogen (secondary N) is 1. The van der Waals surface area contributed by atoms with Crippen molar-refractivity contribution in [1.29, 1.82) is 0 Å². The van der Waals surface area contributed by atoms with Crippen molar-refractivity contribution in [3.8, 4) is 5.69 Å². The fraction of sp³-hybridized carbons (Fsp3) is 0.280. The molecule has 0 bridgehead atoms. The zero-order valence-corrected chi connectivity index (χ0v) is 18.6. The fourth-order valence-electron chi connectivity index (χ4n) is 5.30. The Kier molecular flexibility index (Phi) is 5.63. The van der Waals surface area contributed by atoms with Crippen LogP contribution in [0.1, 0.15) is 16.8 Å². The molecular formula is C25H21F4N3O3. The van der Waals surface area contributed by atoms with Crippen molar-refractivity contribution in [2.45, 2.75) is 12.5 Å². The molecule has 3 atom stereocenters. The summed E-state index contributed by atoms with van der Waals surface area (Å²) in [5, 5.41) is 12.1. The molecular weight excluding hydrogens is 466 g/mol. The van der Waals surface area contributed by atoms with E-state index in [-0.39, 0.29) is 29.3 Å². The molecule has 1 fully saturated rings. The predicted octanol–water partition coefficient (Wildman–Crippen LogP) is 3.85. The Balaban J connectivity index is 1.75. The highest BCUT2D eigenvalue weighted by Crippen LogP contribution is 2.39. The SMILES string of the molecule is CNC1C=CCC2CN(c3c(F)cc4c(=O)c(C(=O)O)cn(-c5ccc(F)cc5F)c4c3F)CC21. The molecule has 1 aromatic heterocycles. The van der Waals surface area contributed by atoms with Gasteiger partial charge < -0.3 is 19.9 Å². The molecule has 3 unspecified atom stereocenters. The number of hydrogen-bond acceptors (Lipinski definition) is 4. The van der Waals surface area contributed by atoms with Gasteiger partial charge >= 0.3 is 5.97 Å². The van der Waals surface area contributed by atoms with Crippen LogP contribution in [0.3, 0.4) is 0 Å². The summed E-state index contributed by atoms with van der Waals surface area (Å²) in [6, 6.07) is 3.29. The van der Waals surface area contributed by atoms with Gasteiger partial charge in [0, 0.05) is 37.3 Å². The Morgan fingerprint density at radius 3 is 2.57 bits per heavy atom. The lowest BCUT2D eigenvalue weighted by Gasteiger charge is -2.28. The van der Waals surface area contributed by atoms with Crippen LogP contribution in [0.2, 0.25) is 0 Å². The number of nitrogens with zero attached hydrogens (tertiary/aromatic N) is 2. The van der Waals surface area contributed by atoms with Gasteiger partial charge in [0.1, 0.15) is 28.7 Å². The Morgan fingerprint density at radius 2 is 1.89 bits per heavy atom. The molecule has 2 N–H and O–H groups in total. The number of carbonyl (C=O) groups is 1.